The van der Waals surface area contributed by atoms with Gasteiger partial charge >= 0.3 is 0 Å². The second-order valence-electron chi connectivity index (χ2n) is 3.95. The van der Waals surface area contributed by atoms with E-state index in [9.17, 15) is 0 Å². The second-order valence-corrected chi connectivity index (χ2v) is 6.66. The lowest BCUT2D eigenvalue weighted by Gasteiger charge is -2.15. The SMILES string of the molecule is COc1ccc(Cl)cc1C(Br)c1cc(Cl)cc(Br)c1. The summed E-state index contributed by atoms with van der Waals surface area (Å²) in [5.74, 6) is 0.780. The minimum Gasteiger partial charge on any atom is -0.496 e. The van der Waals surface area contributed by atoms with Crippen LogP contribution in [0, 0.1) is 0 Å². The van der Waals surface area contributed by atoms with E-state index in [0.29, 0.717) is 10.0 Å². The molecule has 1 unspecified atom stereocenters. The van der Waals surface area contributed by atoms with Gasteiger partial charge in [0.1, 0.15) is 5.75 Å². The first-order chi connectivity index (χ1) is 9.01. The van der Waals surface area contributed by atoms with E-state index in [1.54, 1.807) is 13.2 Å². The first-order valence-electron chi connectivity index (χ1n) is 5.44. The smallest absolute Gasteiger partial charge is 0.123 e. The molecule has 2 aromatic rings. The third-order valence-electron chi connectivity index (χ3n) is 2.64. The molecular weight excluding hydrogens is 415 g/mol. The fraction of sp³-hybridized carbons (Fsp3) is 0.143. The summed E-state index contributed by atoms with van der Waals surface area (Å²) in [6.45, 7) is 0. The number of benzene rings is 2. The Kier molecular flexibility index (Phi) is 5.18. The quantitative estimate of drug-likeness (QED) is 0.529. The molecule has 0 amide bonds. The van der Waals surface area contributed by atoms with Crippen molar-refractivity contribution in [2.45, 2.75) is 4.83 Å². The fourth-order valence-electron chi connectivity index (χ4n) is 1.80. The van der Waals surface area contributed by atoms with E-state index >= 15 is 0 Å². The number of hydrogen-bond acceptors (Lipinski definition) is 1. The molecule has 0 aliphatic carbocycles. The lowest BCUT2D eigenvalue weighted by molar-refractivity contribution is 0.410. The highest BCUT2D eigenvalue weighted by molar-refractivity contribution is 9.10. The van der Waals surface area contributed by atoms with Gasteiger partial charge in [-0.2, -0.15) is 0 Å². The number of ether oxygens (including phenoxy) is 1. The Labute approximate surface area is 139 Å². The Balaban J connectivity index is 2.48. The van der Waals surface area contributed by atoms with Gasteiger partial charge in [0, 0.05) is 20.1 Å². The number of rotatable bonds is 3. The molecule has 0 spiro atoms. The zero-order chi connectivity index (χ0) is 14.0. The monoisotopic (exact) mass is 422 g/mol. The van der Waals surface area contributed by atoms with E-state index in [1.807, 2.05) is 30.3 Å². The predicted molar refractivity (Wildman–Crippen MR) is 87.9 cm³/mol. The predicted octanol–water partition coefficient (Wildman–Crippen LogP) is 6.25. The van der Waals surface area contributed by atoms with Crippen LogP contribution in [0.2, 0.25) is 10.0 Å². The van der Waals surface area contributed by atoms with Gasteiger partial charge in [0.2, 0.25) is 0 Å². The number of hydrogen-bond donors (Lipinski definition) is 0. The van der Waals surface area contributed by atoms with Gasteiger partial charge in [-0.05, 0) is 42.0 Å². The summed E-state index contributed by atoms with van der Waals surface area (Å²) in [5.41, 5.74) is 1.99. The zero-order valence-electron chi connectivity index (χ0n) is 9.96. The molecular formula is C14H10Br2Cl2O. The summed E-state index contributed by atoms with van der Waals surface area (Å²) in [7, 11) is 1.64. The summed E-state index contributed by atoms with van der Waals surface area (Å²) in [5, 5.41) is 1.34. The first-order valence-corrected chi connectivity index (χ1v) is 7.91. The number of halogens is 4. The molecule has 0 aromatic heterocycles. The van der Waals surface area contributed by atoms with Gasteiger partial charge < -0.3 is 4.74 Å². The fourth-order valence-corrected chi connectivity index (χ4v) is 3.49. The molecule has 0 saturated carbocycles. The molecule has 1 atom stereocenters. The van der Waals surface area contributed by atoms with Gasteiger partial charge in [0.05, 0.1) is 11.9 Å². The van der Waals surface area contributed by atoms with Crippen molar-refractivity contribution in [2.75, 3.05) is 7.11 Å². The van der Waals surface area contributed by atoms with E-state index in [2.05, 4.69) is 31.9 Å². The molecule has 0 N–H and O–H groups in total. The molecule has 0 aliphatic rings. The molecule has 0 heterocycles. The Morgan fingerprint density at radius 3 is 2.42 bits per heavy atom. The molecule has 0 saturated heterocycles. The highest BCUT2D eigenvalue weighted by Gasteiger charge is 2.16. The maximum Gasteiger partial charge on any atom is 0.123 e. The van der Waals surface area contributed by atoms with E-state index in [0.717, 1.165) is 21.3 Å². The van der Waals surface area contributed by atoms with Gasteiger partial charge in [0.15, 0.2) is 0 Å². The van der Waals surface area contributed by atoms with E-state index in [-0.39, 0.29) is 4.83 Å². The van der Waals surface area contributed by atoms with E-state index in [1.165, 1.54) is 0 Å². The minimum atomic E-state index is -0.0452. The summed E-state index contributed by atoms with van der Waals surface area (Å²) >= 11 is 19.2. The zero-order valence-corrected chi connectivity index (χ0v) is 14.6. The van der Waals surface area contributed by atoms with Crippen LogP contribution < -0.4 is 4.74 Å². The van der Waals surface area contributed by atoms with Gasteiger partial charge in [-0.1, -0.05) is 55.1 Å². The van der Waals surface area contributed by atoms with Crippen LogP contribution in [0.4, 0.5) is 0 Å². The summed E-state index contributed by atoms with van der Waals surface area (Å²) in [4.78, 5) is -0.0452. The Bertz CT molecular complexity index is 582. The lowest BCUT2D eigenvalue weighted by atomic mass is 10.0. The van der Waals surface area contributed by atoms with Crippen molar-refractivity contribution in [3.8, 4) is 5.75 Å². The standard InChI is InChI=1S/C14H10Br2Cl2O/c1-19-13-3-2-10(17)7-12(13)14(16)8-4-9(15)6-11(18)5-8/h2-7,14H,1H3. The van der Waals surface area contributed by atoms with Crippen LogP contribution in [-0.4, -0.2) is 7.11 Å². The third kappa shape index (κ3) is 3.66. The van der Waals surface area contributed by atoms with Gasteiger partial charge in [-0.3, -0.25) is 0 Å². The van der Waals surface area contributed by atoms with Crippen LogP contribution in [0.15, 0.2) is 40.9 Å². The maximum atomic E-state index is 6.08. The van der Waals surface area contributed by atoms with E-state index in [4.69, 9.17) is 27.9 Å². The molecule has 5 heteroatoms. The van der Waals surface area contributed by atoms with Gasteiger partial charge in [-0.25, -0.2) is 0 Å². The molecule has 2 aromatic carbocycles. The maximum absolute atomic E-state index is 6.08. The first kappa shape index (κ1) is 15.2. The average molecular weight is 425 g/mol. The highest BCUT2D eigenvalue weighted by atomic mass is 79.9. The Morgan fingerprint density at radius 2 is 1.79 bits per heavy atom. The van der Waals surface area contributed by atoms with Gasteiger partial charge in [0.25, 0.3) is 0 Å². The minimum absolute atomic E-state index is 0.0452. The summed E-state index contributed by atoms with van der Waals surface area (Å²) in [6, 6.07) is 11.3. The molecule has 0 fully saturated rings. The van der Waals surface area contributed by atoms with Crippen molar-refractivity contribution >= 4 is 55.1 Å². The Morgan fingerprint density at radius 1 is 1.05 bits per heavy atom. The van der Waals surface area contributed by atoms with Crippen molar-refractivity contribution in [3.63, 3.8) is 0 Å². The van der Waals surface area contributed by atoms with Crippen LogP contribution in [0.1, 0.15) is 16.0 Å². The van der Waals surface area contributed by atoms with Crippen LogP contribution in [0.5, 0.6) is 5.75 Å². The van der Waals surface area contributed by atoms with Crippen LogP contribution in [0.3, 0.4) is 0 Å². The number of alkyl halides is 1. The van der Waals surface area contributed by atoms with Crippen molar-refractivity contribution in [1.29, 1.82) is 0 Å². The molecule has 0 radical (unpaired) electrons. The van der Waals surface area contributed by atoms with Gasteiger partial charge in [-0.15, -0.1) is 0 Å². The summed E-state index contributed by atoms with van der Waals surface area (Å²) < 4.78 is 6.30. The Hall–Kier alpha value is -0.220. The second kappa shape index (κ2) is 6.49. The van der Waals surface area contributed by atoms with Crippen molar-refractivity contribution in [1.82, 2.24) is 0 Å². The third-order valence-corrected chi connectivity index (χ3v) is 4.58. The van der Waals surface area contributed by atoms with Crippen LogP contribution in [0.25, 0.3) is 0 Å². The largest absolute Gasteiger partial charge is 0.496 e. The molecule has 0 bridgehead atoms. The molecule has 0 aliphatic heterocycles. The molecule has 19 heavy (non-hydrogen) atoms. The van der Waals surface area contributed by atoms with Crippen molar-refractivity contribution < 1.29 is 4.74 Å². The molecule has 1 nitrogen and oxygen atoms in total. The summed E-state index contributed by atoms with van der Waals surface area (Å²) in [6.07, 6.45) is 0. The average Bonchev–Trinajstić information content (AvgIpc) is 2.36. The highest BCUT2D eigenvalue weighted by Crippen LogP contribution is 2.39. The number of methoxy groups -OCH3 is 1. The van der Waals surface area contributed by atoms with E-state index < -0.39 is 0 Å². The molecule has 100 valence electrons. The molecule has 2 rings (SSSR count). The topological polar surface area (TPSA) is 9.23 Å². The van der Waals surface area contributed by atoms with Crippen molar-refractivity contribution in [3.05, 3.63) is 62.0 Å². The van der Waals surface area contributed by atoms with Crippen LogP contribution >= 0.6 is 55.1 Å². The normalized spacial score (nSPS) is 12.3. The lowest BCUT2D eigenvalue weighted by Crippen LogP contribution is -1.97. The van der Waals surface area contributed by atoms with Crippen LogP contribution in [-0.2, 0) is 0 Å². The van der Waals surface area contributed by atoms with Crippen molar-refractivity contribution in [2.24, 2.45) is 0 Å².